The molecule has 2 aromatic heterocycles. The molecule has 2 aliphatic carbocycles. The van der Waals surface area contributed by atoms with E-state index in [1.54, 1.807) is 24.3 Å². The van der Waals surface area contributed by atoms with Gasteiger partial charge in [0, 0.05) is 17.8 Å². The number of benzene rings is 1. The van der Waals surface area contributed by atoms with Crippen LogP contribution >= 0.6 is 11.6 Å². The highest BCUT2D eigenvalue weighted by atomic mass is 35.5. The summed E-state index contributed by atoms with van der Waals surface area (Å²) in [5.74, 6) is 0.433. The number of fused-ring (bicyclic) bond motifs is 2. The van der Waals surface area contributed by atoms with E-state index in [9.17, 15) is 14.3 Å². The van der Waals surface area contributed by atoms with Crippen LogP contribution in [-0.4, -0.2) is 27.6 Å². The van der Waals surface area contributed by atoms with Crippen LogP contribution in [-0.2, 0) is 4.79 Å². The van der Waals surface area contributed by atoms with Crippen molar-refractivity contribution in [2.45, 2.75) is 38.5 Å². The summed E-state index contributed by atoms with van der Waals surface area (Å²) in [6.07, 6.45) is 7.07. The Balaban J connectivity index is 1.31. The van der Waals surface area contributed by atoms with Crippen LogP contribution in [0.5, 0.6) is 0 Å². The van der Waals surface area contributed by atoms with E-state index in [-0.39, 0.29) is 29.7 Å². The molecule has 5 rings (SSSR count). The van der Waals surface area contributed by atoms with Crippen molar-refractivity contribution in [3.05, 3.63) is 65.2 Å². The summed E-state index contributed by atoms with van der Waals surface area (Å²) in [6.45, 7) is 2.11. The molecule has 0 spiro atoms. The van der Waals surface area contributed by atoms with E-state index in [2.05, 4.69) is 22.2 Å². The van der Waals surface area contributed by atoms with E-state index in [1.165, 1.54) is 12.3 Å². The number of pyridine rings is 2. The number of nitrogens with one attached hydrogen (secondary N) is 1. The third-order valence-corrected chi connectivity index (χ3v) is 8.06. The molecule has 2 fully saturated rings. The summed E-state index contributed by atoms with van der Waals surface area (Å²) >= 11 is 5.87. The maximum Gasteiger partial charge on any atom is 0.231 e. The van der Waals surface area contributed by atoms with Gasteiger partial charge in [-0.3, -0.25) is 9.78 Å². The largest absolute Gasteiger partial charge is 0.396 e. The number of hydrogen-bond acceptors (Lipinski definition) is 4. The van der Waals surface area contributed by atoms with Crippen molar-refractivity contribution in [2.24, 2.45) is 23.2 Å². The molecule has 2 saturated carbocycles. The molecule has 5 nitrogen and oxygen atoms in total. The quantitative estimate of drug-likeness (QED) is 0.513. The summed E-state index contributed by atoms with van der Waals surface area (Å²) in [5.41, 5.74) is 2.07. The predicted octanol–water partition coefficient (Wildman–Crippen LogP) is 5.58. The number of halogens is 2. The minimum atomic E-state index is -0.473. The van der Waals surface area contributed by atoms with Gasteiger partial charge >= 0.3 is 0 Å². The average molecular weight is 468 g/mol. The molecule has 5 atom stereocenters. The highest BCUT2D eigenvalue weighted by Gasteiger charge is 2.52. The highest BCUT2D eigenvalue weighted by Crippen LogP contribution is 2.62. The van der Waals surface area contributed by atoms with Crippen LogP contribution in [0.15, 0.2) is 48.8 Å². The minimum absolute atomic E-state index is 0.0878. The van der Waals surface area contributed by atoms with Crippen LogP contribution in [0.4, 0.5) is 10.2 Å². The molecule has 1 amide bonds. The Morgan fingerprint density at radius 2 is 2.09 bits per heavy atom. The molecule has 1 aromatic carbocycles. The molecule has 2 N–H and O–H groups in total. The SMILES string of the molecule is CC12CC(c3ccnc4ccc(F)cc34)CC1C[C@H](C(CO)C(=O)Nc1ccc(Cl)cn1)C2. The second kappa shape index (κ2) is 8.65. The van der Waals surface area contributed by atoms with Crippen molar-refractivity contribution in [1.82, 2.24) is 9.97 Å². The first-order valence-corrected chi connectivity index (χ1v) is 11.8. The zero-order valence-electron chi connectivity index (χ0n) is 18.5. The monoisotopic (exact) mass is 467 g/mol. The number of rotatable bonds is 5. The van der Waals surface area contributed by atoms with E-state index in [1.807, 2.05) is 12.3 Å². The molecule has 4 unspecified atom stereocenters. The van der Waals surface area contributed by atoms with Crippen molar-refractivity contribution in [1.29, 1.82) is 0 Å². The van der Waals surface area contributed by atoms with E-state index < -0.39 is 5.92 Å². The lowest BCUT2D eigenvalue weighted by Gasteiger charge is -2.26. The van der Waals surface area contributed by atoms with Crippen LogP contribution in [0.2, 0.25) is 5.02 Å². The van der Waals surface area contributed by atoms with E-state index >= 15 is 0 Å². The lowest BCUT2D eigenvalue weighted by atomic mass is 9.79. The van der Waals surface area contributed by atoms with Gasteiger partial charge in [0.05, 0.1) is 23.1 Å². The van der Waals surface area contributed by atoms with Crippen LogP contribution in [0.3, 0.4) is 0 Å². The molecular weight excluding hydrogens is 441 g/mol. The molecule has 2 aliphatic rings. The molecular formula is C26H27ClFN3O2. The Hall–Kier alpha value is -2.57. The van der Waals surface area contributed by atoms with Crippen LogP contribution in [0, 0.1) is 29.0 Å². The third kappa shape index (κ3) is 4.22. The van der Waals surface area contributed by atoms with E-state index in [0.717, 1.165) is 42.1 Å². The van der Waals surface area contributed by atoms with Gasteiger partial charge in [-0.05, 0) is 90.8 Å². The van der Waals surface area contributed by atoms with Crippen LogP contribution < -0.4 is 5.32 Å². The first kappa shape index (κ1) is 22.2. The van der Waals surface area contributed by atoms with Gasteiger partial charge < -0.3 is 10.4 Å². The number of anilines is 1. The molecule has 0 saturated heterocycles. The Kier molecular flexibility index (Phi) is 5.83. The van der Waals surface area contributed by atoms with Crippen molar-refractivity contribution in [3.8, 4) is 0 Å². The Morgan fingerprint density at radius 1 is 1.24 bits per heavy atom. The zero-order chi connectivity index (χ0) is 23.2. The van der Waals surface area contributed by atoms with Crippen LogP contribution in [0.25, 0.3) is 10.9 Å². The number of hydrogen-bond donors (Lipinski definition) is 2. The van der Waals surface area contributed by atoms with Crippen molar-refractivity contribution in [2.75, 3.05) is 11.9 Å². The summed E-state index contributed by atoms with van der Waals surface area (Å²) in [4.78, 5) is 21.4. The van der Waals surface area contributed by atoms with E-state index in [4.69, 9.17) is 11.6 Å². The van der Waals surface area contributed by atoms with Gasteiger partial charge in [0.25, 0.3) is 0 Å². The molecule has 33 heavy (non-hydrogen) atoms. The zero-order valence-corrected chi connectivity index (χ0v) is 19.2. The number of nitrogens with zero attached hydrogens (tertiary/aromatic N) is 2. The fourth-order valence-corrected chi connectivity index (χ4v) is 6.39. The number of amides is 1. The lowest BCUT2D eigenvalue weighted by molar-refractivity contribution is -0.123. The lowest BCUT2D eigenvalue weighted by Crippen LogP contribution is -2.32. The number of aliphatic hydroxyl groups excluding tert-OH is 1. The third-order valence-electron chi connectivity index (χ3n) is 7.84. The predicted molar refractivity (Wildman–Crippen MR) is 126 cm³/mol. The first-order chi connectivity index (χ1) is 15.9. The van der Waals surface area contributed by atoms with Gasteiger partial charge in [0.1, 0.15) is 11.6 Å². The fourth-order valence-electron chi connectivity index (χ4n) is 6.27. The van der Waals surface area contributed by atoms with Gasteiger partial charge in [-0.15, -0.1) is 0 Å². The Morgan fingerprint density at radius 3 is 2.82 bits per heavy atom. The van der Waals surface area contributed by atoms with Gasteiger partial charge in [0.2, 0.25) is 5.91 Å². The number of carbonyl (C=O) groups excluding carboxylic acids is 1. The summed E-state index contributed by atoms with van der Waals surface area (Å²) in [7, 11) is 0. The van der Waals surface area contributed by atoms with Crippen molar-refractivity contribution in [3.63, 3.8) is 0 Å². The van der Waals surface area contributed by atoms with Crippen molar-refractivity contribution < 1.29 is 14.3 Å². The summed E-state index contributed by atoms with van der Waals surface area (Å²) in [5, 5.41) is 14.3. The van der Waals surface area contributed by atoms with Crippen molar-refractivity contribution >= 4 is 34.2 Å². The Bertz CT molecular complexity index is 1190. The minimum Gasteiger partial charge on any atom is -0.396 e. The second-order valence-electron chi connectivity index (χ2n) is 9.89. The molecule has 0 radical (unpaired) electrons. The molecule has 172 valence electrons. The molecule has 2 heterocycles. The standard InChI is InChI=1S/C26H27ClFN3O2/c1-26-11-15(20-6-7-29-23-4-3-19(28)10-21(20)23)8-17(26)9-16(12-26)22(14-32)25(33)31-24-5-2-18(27)13-30-24/h2-7,10,13,15-17,22,32H,8-9,11-12,14H2,1H3,(H,30,31,33)/t15?,16-,17?,22?,26?/m0/s1. The number of aromatic nitrogens is 2. The smallest absolute Gasteiger partial charge is 0.231 e. The summed E-state index contributed by atoms with van der Waals surface area (Å²) < 4.78 is 13.9. The molecule has 0 bridgehead atoms. The summed E-state index contributed by atoms with van der Waals surface area (Å²) in [6, 6.07) is 10.1. The Labute approximate surface area is 197 Å². The van der Waals surface area contributed by atoms with Gasteiger partial charge in [-0.2, -0.15) is 0 Å². The highest BCUT2D eigenvalue weighted by molar-refractivity contribution is 6.30. The first-order valence-electron chi connectivity index (χ1n) is 11.4. The van der Waals surface area contributed by atoms with Gasteiger partial charge in [0.15, 0.2) is 0 Å². The van der Waals surface area contributed by atoms with E-state index in [0.29, 0.717) is 22.7 Å². The molecule has 3 aromatic rings. The topological polar surface area (TPSA) is 75.1 Å². The van der Waals surface area contributed by atoms with Gasteiger partial charge in [-0.25, -0.2) is 9.37 Å². The molecule has 7 heteroatoms. The average Bonchev–Trinajstić information content (AvgIpc) is 3.27. The second-order valence-corrected chi connectivity index (χ2v) is 10.3. The van der Waals surface area contributed by atoms with Crippen LogP contribution in [0.1, 0.15) is 44.1 Å². The number of carbonyl (C=O) groups is 1. The normalized spacial score (nSPS) is 27.5. The maximum absolute atomic E-state index is 13.9. The maximum atomic E-state index is 13.9. The van der Waals surface area contributed by atoms with Gasteiger partial charge in [-0.1, -0.05) is 18.5 Å². The molecule has 0 aliphatic heterocycles. The number of aliphatic hydroxyl groups is 1. The fraction of sp³-hybridized carbons (Fsp3) is 0.423.